The second-order valence-electron chi connectivity index (χ2n) is 12.6. The molecule has 3 aromatic rings. The van der Waals surface area contributed by atoms with Gasteiger partial charge in [0.15, 0.2) is 0 Å². The number of fused-ring (bicyclic) bond motifs is 3. The molecule has 2 aromatic carbocycles. The minimum Gasteiger partial charge on any atom is -0.374 e. The first-order valence-electron chi connectivity index (χ1n) is 14.9. The number of nitrogens with zero attached hydrogens (tertiary/aromatic N) is 6. The lowest BCUT2D eigenvalue weighted by molar-refractivity contribution is -0.138. The molecule has 0 spiro atoms. The normalized spacial score (nSPS) is 27.1. The van der Waals surface area contributed by atoms with E-state index in [1.54, 1.807) is 18.5 Å². The Balaban J connectivity index is 1.18. The molecule has 11 heteroatoms. The molecule has 4 aliphatic rings. The topological polar surface area (TPSA) is 87.3 Å². The average molecular weight is 591 g/mol. The van der Waals surface area contributed by atoms with Gasteiger partial charge < -0.3 is 14.2 Å². The van der Waals surface area contributed by atoms with Crippen LogP contribution in [0.2, 0.25) is 0 Å². The van der Waals surface area contributed by atoms with Gasteiger partial charge in [-0.1, -0.05) is 12.1 Å². The van der Waals surface area contributed by atoms with Crippen molar-refractivity contribution in [2.45, 2.75) is 75.4 Å². The number of aromatic nitrogens is 3. The third kappa shape index (κ3) is 5.10. The van der Waals surface area contributed by atoms with Crippen LogP contribution in [-0.4, -0.2) is 50.9 Å². The second-order valence-corrected chi connectivity index (χ2v) is 12.6. The first-order chi connectivity index (χ1) is 20.6. The van der Waals surface area contributed by atoms with Crippen LogP contribution in [0.3, 0.4) is 0 Å². The number of ether oxygens (including phenoxy) is 1. The summed E-state index contributed by atoms with van der Waals surface area (Å²) >= 11 is 0. The Morgan fingerprint density at radius 3 is 2.70 bits per heavy atom. The Morgan fingerprint density at radius 2 is 1.95 bits per heavy atom. The molecule has 0 radical (unpaired) electrons. The van der Waals surface area contributed by atoms with Gasteiger partial charge in [-0.25, -0.2) is 0 Å². The van der Waals surface area contributed by atoms with Gasteiger partial charge in [0.05, 0.1) is 30.4 Å². The number of rotatable bonds is 6. The lowest BCUT2D eigenvalue weighted by Gasteiger charge is -2.45. The summed E-state index contributed by atoms with van der Waals surface area (Å²) < 4.78 is 51.1. The smallest absolute Gasteiger partial charge is 0.374 e. The third-order valence-corrected chi connectivity index (χ3v) is 9.77. The molecular weight excluding hydrogens is 557 g/mol. The van der Waals surface area contributed by atoms with Gasteiger partial charge in [0.25, 0.3) is 5.91 Å². The molecule has 1 unspecified atom stereocenters. The Morgan fingerprint density at radius 1 is 1.14 bits per heavy atom. The number of alkyl halides is 3. The molecule has 0 N–H and O–H groups in total. The zero-order valence-corrected chi connectivity index (χ0v) is 24.0. The van der Waals surface area contributed by atoms with Crippen molar-refractivity contribution in [2.75, 3.05) is 18.0 Å². The number of halogens is 3. The molecule has 1 aromatic heterocycles. The fourth-order valence-corrected chi connectivity index (χ4v) is 7.49. The van der Waals surface area contributed by atoms with E-state index >= 15 is 0 Å². The van der Waals surface area contributed by atoms with Gasteiger partial charge in [-0.3, -0.25) is 9.69 Å². The van der Waals surface area contributed by atoms with Gasteiger partial charge in [0.1, 0.15) is 12.2 Å². The fourth-order valence-electron chi connectivity index (χ4n) is 7.49. The van der Waals surface area contributed by atoms with Crippen molar-refractivity contribution in [3.8, 4) is 6.07 Å². The summed E-state index contributed by atoms with van der Waals surface area (Å²) in [6, 6.07) is 12.7. The highest BCUT2D eigenvalue weighted by atomic mass is 19.4. The highest BCUT2D eigenvalue weighted by Crippen LogP contribution is 2.50. The van der Waals surface area contributed by atoms with Gasteiger partial charge in [-0.2, -0.15) is 18.4 Å². The van der Waals surface area contributed by atoms with Crippen molar-refractivity contribution < 1.29 is 22.7 Å². The van der Waals surface area contributed by atoms with E-state index in [4.69, 9.17) is 4.74 Å². The van der Waals surface area contributed by atoms with Crippen molar-refractivity contribution >= 4 is 11.6 Å². The van der Waals surface area contributed by atoms with E-state index in [1.807, 2.05) is 29.8 Å². The van der Waals surface area contributed by atoms with Gasteiger partial charge in [0, 0.05) is 55.7 Å². The van der Waals surface area contributed by atoms with Crippen LogP contribution >= 0.6 is 0 Å². The monoisotopic (exact) mass is 590 g/mol. The van der Waals surface area contributed by atoms with Crippen molar-refractivity contribution in [1.82, 2.24) is 19.7 Å². The molecule has 4 heterocycles. The van der Waals surface area contributed by atoms with Crippen LogP contribution in [0.25, 0.3) is 0 Å². The van der Waals surface area contributed by atoms with Crippen LogP contribution in [0.15, 0.2) is 42.7 Å². The molecule has 7 rings (SSSR count). The first kappa shape index (κ1) is 28.0. The van der Waals surface area contributed by atoms with E-state index in [9.17, 15) is 23.2 Å². The van der Waals surface area contributed by atoms with Gasteiger partial charge in [0.2, 0.25) is 0 Å². The predicted molar refractivity (Wildman–Crippen MR) is 151 cm³/mol. The molecule has 1 aliphatic carbocycles. The van der Waals surface area contributed by atoms with Crippen molar-refractivity contribution in [3.05, 3.63) is 76.4 Å². The molecule has 43 heavy (non-hydrogen) atoms. The minimum atomic E-state index is -4.59. The highest BCUT2D eigenvalue weighted by molar-refractivity contribution is 6.10. The summed E-state index contributed by atoms with van der Waals surface area (Å²) in [6.07, 6.45) is 2.13. The average Bonchev–Trinajstić information content (AvgIpc) is 3.62. The van der Waals surface area contributed by atoms with Gasteiger partial charge >= 0.3 is 6.18 Å². The number of nitriles is 1. The molecule has 2 atom stereocenters. The SMILES string of the molecule is Cn1cnnc1CC1(c2cccc(N3Cc4c(cc(CN5CCC6CC[C@H](C5)O6)cc4C(F)(F)F)C3=O)c2)CC(C#N)C1. The molecule has 1 saturated carbocycles. The zero-order valence-electron chi connectivity index (χ0n) is 24.0. The number of anilines is 1. The van der Waals surface area contributed by atoms with Crippen LogP contribution in [0, 0.1) is 17.2 Å². The largest absolute Gasteiger partial charge is 0.416 e. The summed E-state index contributed by atoms with van der Waals surface area (Å²) in [6.45, 7) is 1.64. The number of aryl methyl sites for hydroxylation is 1. The van der Waals surface area contributed by atoms with E-state index in [0.717, 1.165) is 37.2 Å². The summed E-state index contributed by atoms with van der Waals surface area (Å²) in [5.74, 6) is 0.273. The van der Waals surface area contributed by atoms with Crippen molar-refractivity contribution in [3.63, 3.8) is 0 Å². The van der Waals surface area contributed by atoms with Gasteiger partial charge in [-0.15, -0.1) is 10.2 Å². The zero-order chi connectivity index (χ0) is 29.9. The summed E-state index contributed by atoms with van der Waals surface area (Å²) in [5.41, 5.74) is 1.01. The summed E-state index contributed by atoms with van der Waals surface area (Å²) in [5, 5.41) is 17.8. The number of hydrogen-bond acceptors (Lipinski definition) is 6. The fraction of sp³-hybridized carbons (Fsp3) is 0.500. The van der Waals surface area contributed by atoms with Crippen LogP contribution in [0.1, 0.15) is 70.5 Å². The van der Waals surface area contributed by atoms with E-state index in [0.29, 0.717) is 43.6 Å². The first-order valence-corrected chi connectivity index (χ1v) is 14.9. The maximum Gasteiger partial charge on any atom is 0.416 e. The predicted octanol–water partition coefficient (Wildman–Crippen LogP) is 5.16. The Labute approximate surface area is 248 Å². The number of benzene rings is 2. The number of hydrogen-bond donors (Lipinski definition) is 0. The Hall–Kier alpha value is -3.75. The molecule has 224 valence electrons. The molecule has 1 amide bonds. The van der Waals surface area contributed by atoms with Crippen LogP contribution in [0.5, 0.6) is 0 Å². The standard InChI is InChI=1S/C32H33F3N6O2/c1-39-19-37-38-29(39)14-31(12-21(13-31)15-36)22-3-2-4-23(11-22)41-18-27-26(30(41)42)9-20(10-28(27)32(33,34)35)16-40-8-7-24-5-6-25(17-40)43-24/h2-4,9-11,19,21,24-25H,5-8,12-14,16-18H2,1H3/t21?,24?,25-,31?/m1/s1. The maximum atomic E-state index is 14.4. The highest BCUT2D eigenvalue weighted by Gasteiger charge is 2.47. The molecule has 3 fully saturated rings. The van der Waals surface area contributed by atoms with E-state index < -0.39 is 17.6 Å². The quantitative estimate of drug-likeness (QED) is 0.394. The number of amides is 1. The lowest BCUT2D eigenvalue weighted by Crippen LogP contribution is -2.43. The summed E-state index contributed by atoms with van der Waals surface area (Å²) in [7, 11) is 1.87. The van der Waals surface area contributed by atoms with Crippen LogP contribution < -0.4 is 4.90 Å². The Kier molecular flexibility index (Phi) is 6.82. The molecule has 2 saturated heterocycles. The van der Waals surface area contributed by atoms with E-state index in [-0.39, 0.29) is 41.2 Å². The van der Waals surface area contributed by atoms with E-state index in [1.165, 1.54) is 11.0 Å². The molecule has 8 nitrogen and oxygen atoms in total. The van der Waals surface area contributed by atoms with Crippen LogP contribution in [-0.2, 0) is 42.9 Å². The molecule has 2 bridgehead atoms. The van der Waals surface area contributed by atoms with Crippen molar-refractivity contribution in [1.29, 1.82) is 5.26 Å². The number of carbonyl (C=O) groups excluding carboxylic acids is 1. The van der Waals surface area contributed by atoms with Crippen LogP contribution in [0.4, 0.5) is 18.9 Å². The lowest BCUT2D eigenvalue weighted by atomic mass is 9.57. The Bertz CT molecular complexity index is 1600. The molecular formula is C32H33F3N6O2. The third-order valence-electron chi connectivity index (χ3n) is 9.77. The number of likely N-dealkylation sites (tertiary alicyclic amines) is 1. The second kappa shape index (κ2) is 10.5. The maximum absolute atomic E-state index is 14.4. The molecule has 3 aliphatic heterocycles. The van der Waals surface area contributed by atoms with E-state index in [2.05, 4.69) is 21.2 Å². The minimum absolute atomic E-state index is 0.0203. The van der Waals surface area contributed by atoms with Crippen molar-refractivity contribution in [2.24, 2.45) is 13.0 Å². The number of carbonyl (C=O) groups is 1. The summed E-state index contributed by atoms with van der Waals surface area (Å²) in [4.78, 5) is 17.4. The van der Waals surface area contributed by atoms with Gasteiger partial charge in [-0.05, 0) is 73.1 Å².